The highest BCUT2D eigenvalue weighted by Crippen LogP contribution is 2.30. The molecule has 7 heteroatoms. The van der Waals surface area contributed by atoms with Gasteiger partial charge >= 0.3 is 0 Å². The van der Waals surface area contributed by atoms with Gasteiger partial charge in [-0.25, -0.2) is 4.39 Å². The van der Waals surface area contributed by atoms with Crippen molar-refractivity contribution >= 4 is 28.7 Å². The van der Waals surface area contributed by atoms with Crippen LogP contribution in [-0.2, 0) is 0 Å². The van der Waals surface area contributed by atoms with Gasteiger partial charge in [-0.15, -0.1) is 0 Å². The minimum atomic E-state index is -0.610. The van der Waals surface area contributed by atoms with Crippen molar-refractivity contribution in [1.29, 1.82) is 5.26 Å². The standard InChI is InChI=1S/C13H7ClFN3O2/c14-10-2-1-3-11(15)13(10)17-12-5-4-9(18(19)20)6-8(12)7-16/h1-6,17H. The number of benzene rings is 2. The topological polar surface area (TPSA) is 79.0 Å². The molecule has 0 bridgehead atoms. The van der Waals surface area contributed by atoms with E-state index in [2.05, 4.69) is 5.32 Å². The average Bonchev–Trinajstić information content (AvgIpc) is 2.43. The molecule has 5 nitrogen and oxygen atoms in total. The van der Waals surface area contributed by atoms with E-state index in [1.807, 2.05) is 6.07 Å². The van der Waals surface area contributed by atoms with Crippen LogP contribution in [0.2, 0.25) is 5.02 Å². The van der Waals surface area contributed by atoms with E-state index >= 15 is 0 Å². The summed E-state index contributed by atoms with van der Waals surface area (Å²) in [5.74, 6) is -0.584. The molecule has 0 saturated heterocycles. The van der Waals surface area contributed by atoms with Crippen molar-refractivity contribution < 1.29 is 9.31 Å². The van der Waals surface area contributed by atoms with E-state index in [0.717, 1.165) is 6.07 Å². The first kappa shape index (κ1) is 13.8. The second-order valence-corrected chi connectivity index (χ2v) is 4.23. The van der Waals surface area contributed by atoms with Gasteiger partial charge in [0.15, 0.2) is 0 Å². The predicted molar refractivity (Wildman–Crippen MR) is 72.5 cm³/mol. The number of nitrogens with one attached hydrogen (secondary N) is 1. The molecule has 0 spiro atoms. The van der Waals surface area contributed by atoms with Crippen molar-refractivity contribution in [2.45, 2.75) is 0 Å². The van der Waals surface area contributed by atoms with E-state index in [-0.39, 0.29) is 27.6 Å². The molecular weight excluding hydrogens is 285 g/mol. The molecule has 0 aliphatic heterocycles. The summed E-state index contributed by atoms with van der Waals surface area (Å²) in [6, 6.07) is 9.63. The van der Waals surface area contributed by atoms with Gasteiger partial charge in [0.05, 0.1) is 26.9 Å². The van der Waals surface area contributed by atoms with E-state index in [1.165, 1.54) is 30.3 Å². The molecule has 0 atom stereocenters. The average molecular weight is 292 g/mol. The molecule has 0 radical (unpaired) electrons. The molecule has 0 amide bonds. The van der Waals surface area contributed by atoms with Crippen LogP contribution >= 0.6 is 11.6 Å². The van der Waals surface area contributed by atoms with Crippen molar-refractivity contribution in [3.63, 3.8) is 0 Å². The monoisotopic (exact) mass is 291 g/mol. The fourth-order valence-electron chi connectivity index (χ4n) is 1.60. The zero-order chi connectivity index (χ0) is 14.7. The Labute approximate surface area is 118 Å². The van der Waals surface area contributed by atoms with Crippen LogP contribution in [0.25, 0.3) is 0 Å². The van der Waals surface area contributed by atoms with Crippen molar-refractivity contribution in [3.8, 4) is 6.07 Å². The van der Waals surface area contributed by atoms with Gasteiger partial charge < -0.3 is 5.32 Å². The van der Waals surface area contributed by atoms with Crippen LogP contribution in [0.4, 0.5) is 21.5 Å². The van der Waals surface area contributed by atoms with Gasteiger partial charge in [-0.05, 0) is 18.2 Å². The molecule has 0 aliphatic carbocycles. The van der Waals surface area contributed by atoms with E-state index in [9.17, 15) is 14.5 Å². The number of rotatable bonds is 3. The number of nitro groups is 1. The Hall–Kier alpha value is -2.65. The van der Waals surface area contributed by atoms with Gasteiger partial charge in [0.1, 0.15) is 11.9 Å². The lowest BCUT2D eigenvalue weighted by atomic mass is 10.1. The summed E-state index contributed by atoms with van der Waals surface area (Å²) in [5.41, 5.74) is 0.0647. The lowest BCUT2D eigenvalue weighted by Crippen LogP contribution is -1.98. The Kier molecular flexibility index (Phi) is 3.82. The molecule has 2 rings (SSSR count). The maximum Gasteiger partial charge on any atom is 0.270 e. The third kappa shape index (κ3) is 2.68. The third-order valence-electron chi connectivity index (χ3n) is 2.56. The number of hydrogen-bond acceptors (Lipinski definition) is 4. The lowest BCUT2D eigenvalue weighted by Gasteiger charge is -2.10. The highest BCUT2D eigenvalue weighted by molar-refractivity contribution is 6.33. The number of nitro benzene ring substituents is 1. The summed E-state index contributed by atoms with van der Waals surface area (Å²) >= 11 is 5.86. The molecule has 20 heavy (non-hydrogen) atoms. The quantitative estimate of drug-likeness (QED) is 0.684. The Morgan fingerprint density at radius 3 is 2.70 bits per heavy atom. The molecule has 0 fully saturated rings. The van der Waals surface area contributed by atoms with Crippen LogP contribution in [0.3, 0.4) is 0 Å². The molecule has 0 saturated carbocycles. The predicted octanol–water partition coefficient (Wildman–Crippen LogP) is 4.00. The number of non-ortho nitro benzene ring substituents is 1. The van der Waals surface area contributed by atoms with Gasteiger partial charge in [0.2, 0.25) is 0 Å². The van der Waals surface area contributed by atoms with Crippen molar-refractivity contribution in [2.24, 2.45) is 0 Å². The summed E-state index contributed by atoms with van der Waals surface area (Å²) in [7, 11) is 0. The summed E-state index contributed by atoms with van der Waals surface area (Å²) in [6.45, 7) is 0. The number of halogens is 2. The molecule has 2 aromatic rings. The zero-order valence-corrected chi connectivity index (χ0v) is 10.7. The molecular formula is C13H7ClFN3O2. The van der Waals surface area contributed by atoms with Gasteiger partial charge in [-0.2, -0.15) is 5.26 Å². The molecule has 0 heterocycles. The number of para-hydroxylation sites is 1. The number of hydrogen-bond donors (Lipinski definition) is 1. The number of nitriles is 1. The molecule has 0 aromatic heterocycles. The zero-order valence-electron chi connectivity index (χ0n) is 9.93. The SMILES string of the molecule is N#Cc1cc([N+](=O)[O-])ccc1Nc1c(F)cccc1Cl. The minimum Gasteiger partial charge on any atom is -0.351 e. The lowest BCUT2D eigenvalue weighted by molar-refractivity contribution is -0.384. The van der Waals surface area contributed by atoms with Crippen molar-refractivity contribution in [3.05, 3.63) is 62.9 Å². The van der Waals surface area contributed by atoms with Crippen LogP contribution in [-0.4, -0.2) is 4.92 Å². The molecule has 100 valence electrons. The first-order valence-corrected chi connectivity index (χ1v) is 5.80. The normalized spacial score (nSPS) is 9.85. The van der Waals surface area contributed by atoms with Crippen LogP contribution < -0.4 is 5.32 Å². The number of nitrogens with zero attached hydrogens (tertiary/aromatic N) is 2. The smallest absolute Gasteiger partial charge is 0.270 e. The van der Waals surface area contributed by atoms with Crippen molar-refractivity contribution in [2.75, 3.05) is 5.32 Å². The highest BCUT2D eigenvalue weighted by Gasteiger charge is 2.13. The number of anilines is 2. The summed E-state index contributed by atoms with van der Waals surface area (Å²) < 4.78 is 13.6. The van der Waals surface area contributed by atoms with E-state index in [0.29, 0.717) is 0 Å². The van der Waals surface area contributed by atoms with Crippen LogP contribution in [0.1, 0.15) is 5.56 Å². The maximum atomic E-state index is 13.6. The molecule has 2 aromatic carbocycles. The maximum absolute atomic E-state index is 13.6. The Balaban J connectivity index is 2.44. The molecule has 0 aliphatic rings. The highest BCUT2D eigenvalue weighted by atomic mass is 35.5. The van der Waals surface area contributed by atoms with Gasteiger partial charge in [-0.3, -0.25) is 10.1 Å². The Bertz CT molecular complexity index is 708. The van der Waals surface area contributed by atoms with Crippen LogP contribution in [0.5, 0.6) is 0 Å². The largest absolute Gasteiger partial charge is 0.351 e. The summed E-state index contributed by atoms with van der Waals surface area (Å²) in [4.78, 5) is 10.0. The Morgan fingerprint density at radius 2 is 2.10 bits per heavy atom. The van der Waals surface area contributed by atoms with Gasteiger partial charge in [-0.1, -0.05) is 17.7 Å². The molecule has 0 unspecified atom stereocenters. The first-order chi connectivity index (χ1) is 9.52. The molecule has 1 N–H and O–H groups in total. The fraction of sp³-hybridized carbons (Fsp3) is 0. The van der Waals surface area contributed by atoms with Crippen LogP contribution in [0.15, 0.2) is 36.4 Å². The summed E-state index contributed by atoms with van der Waals surface area (Å²) in [6.07, 6.45) is 0. The van der Waals surface area contributed by atoms with Crippen LogP contribution in [0, 0.1) is 27.3 Å². The third-order valence-corrected chi connectivity index (χ3v) is 2.87. The van der Waals surface area contributed by atoms with E-state index < -0.39 is 10.7 Å². The Morgan fingerprint density at radius 1 is 1.35 bits per heavy atom. The van der Waals surface area contributed by atoms with Gasteiger partial charge in [0.25, 0.3) is 5.69 Å². The first-order valence-electron chi connectivity index (χ1n) is 5.42. The second-order valence-electron chi connectivity index (χ2n) is 3.82. The van der Waals surface area contributed by atoms with E-state index in [4.69, 9.17) is 16.9 Å². The van der Waals surface area contributed by atoms with Crippen molar-refractivity contribution in [1.82, 2.24) is 0 Å². The fourth-order valence-corrected chi connectivity index (χ4v) is 1.81. The van der Waals surface area contributed by atoms with E-state index in [1.54, 1.807) is 0 Å². The second kappa shape index (κ2) is 5.55. The minimum absolute atomic E-state index is 0.0134. The summed E-state index contributed by atoms with van der Waals surface area (Å²) in [5, 5.41) is 22.5. The van der Waals surface area contributed by atoms with Gasteiger partial charge in [0, 0.05) is 12.1 Å².